The number of rotatable bonds is 10. The van der Waals surface area contributed by atoms with Gasteiger partial charge in [0.15, 0.2) is 0 Å². The van der Waals surface area contributed by atoms with Gasteiger partial charge in [0.05, 0.1) is 12.2 Å². The number of allylic oxidation sites excluding steroid dienone is 2. The Bertz CT molecular complexity index is 794. The van der Waals surface area contributed by atoms with Gasteiger partial charge in [-0.15, -0.1) is 11.3 Å². The second-order valence-corrected chi connectivity index (χ2v) is 10.1. The number of ether oxygens (including phenoxy) is 1. The summed E-state index contributed by atoms with van der Waals surface area (Å²) in [6.07, 6.45) is 5.68. The van der Waals surface area contributed by atoms with Crippen molar-refractivity contribution in [2.24, 2.45) is 5.92 Å². The zero-order chi connectivity index (χ0) is 23.2. The first-order valence-electron chi connectivity index (χ1n) is 11.3. The van der Waals surface area contributed by atoms with Crippen LogP contribution >= 0.6 is 11.3 Å². The van der Waals surface area contributed by atoms with Crippen molar-refractivity contribution in [1.29, 1.82) is 0 Å². The van der Waals surface area contributed by atoms with Gasteiger partial charge in [-0.05, 0) is 69.0 Å². The average Bonchev–Trinajstić information content (AvgIpc) is 3.25. The summed E-state index contributed by atoms with van der Waals surface area (Å²) in [5.74, 6) is -1.18. The van der Waals surface area contributed by atoms with Gasteiger partial charge in [-0.1, -0.05) is 32.8 Å². The van der Waals surface area contributed by atoms with Gasteiger partial charge in [-0.3, -0.25) is 0 Å². The molecule has 0 radical (unpaired) electrons. The molecule has 31 heavy (non-hydrogen) atoms. The van der Waals surface area contributed by atoms with Crippen LogP contribution in [0.4, 0.5) is 0 Å². The molecule has 0 aliphatic heterocycles. The standard InChI is InChI=1S/C25H38O5S/c1-6-7-8-9-21(24(28)30-16(2)3)22-14-19(26)15-25(22,29)23(27)11-10-17(4)20-12-13-31-18(20)5/h9,11-13,16-17,19,22,26-27,29H,6-8,10,14-15H2,1-5H3/b21-9?,23-11+/t17?,19-,22?,25-/m1/s1. The minimum atomic E-state index is -1.68. The van der Waals surface area contributed by atoms with Crippen LogP contribution in [0.15, 0.2) is 34.9 Å². The van der Waals surface area contributed by atoms with Crippen molar-refractivity contribution >= 4 is 17.3 Å². The maximum Gasteiger partial charge on any atom is 0.334 e. The van der Waals surface area contributed by atoms with E-state index in [0.717, 1.165) is 12.8 Å². The highest BCUT2D eigenvalue weighted by atomic mass is 32.1. The Balaban J connectivity index is 2.30. The maximum atomic E-state index is 12.8. The van der Waals surface area contributed by atoms with Crippen molar-refractivity contribution in [3.8, 4) is 0 Å². The number of hydrogen-bond donors (Lipinski definition) is 3. The summed E-state index contributed by atoms with van der Waals surface area (Å²) in [6.45, 7) is 9.79. The summed E-state index contributed by atoms with van der Waals surface area (Å²) in [4.78, 5) is 14.1. The van der Waals surface area contributed by atoms with E-state index in [2.05, 4.69) is 32.2 Å². The van der Waals surface area contributed by atoms with Crippen molar-refractivity contribution < 1.29 is 24.9 Å². The van der Waals surface area contributed by atoms with E-state index in [9.17, 15) is 20.1 Å². The van der Waals surface area contributed by atoms with Crippen LogP contribution in [-0.4, -0.2) is 39.1 Å². The lowest BCUT2D eigenvalue weighted by atomic mass is 9.81. The number of unbranched alkanes of at least 4 members (excludes halogenated alkanes) is 2. The van der Waals surface area contributed by atoms with Gasteiger partial charge in [0.1, 0.15) is 11.4 Å². The van der Waals surface area contributed by atoms with Crippen molar-refractivity contribution in [3.63, 3.8) is 0 Å². The molecular weight excluding hydrogens is 412 g/mol. The second kappa shape index (κ2) is 11.3. The van der Waals surface area contributed by atoms with E-state index < -0.39 is 23.6 Å². The van der Waals surface area contributed by atoms with Crippen LogP contribution in [0.2, 0.25) is 0 Å². The van der Waals surface area contributed by atoms with E-state index in [1.54, 1.807) is 31.3 Å². The van der Waals surface area contributed by atoms with Gasteiger partial charge < -0.3 is 20.1 Å². The molecule has 5 nitrogen and oxygen atoms in total. The van der Waals surface area contributed by atoms with Gasteiger partial charge in [0.2, 0.25) is 0 Å². The highest BCUT2D eigenvalue weighted by Crippen LogP contribution is 2.45. The summed E-state index contributed by atoms with van der Waals surface area (Å²) in [5.41, 5.74) is -0.107. The lowest BCUT2D eigenvalue weighted by Gasteiger charge is -2.31. The second-order valence-electron chi connectivity index (χ2n) is 8.98. The van der Waals surface area contributed by atoms with Crippen LogP contribution in [-0.2, 0) is 9.53 Å². The largest absolute Gasteiger partial charge is 0.510 e. The minimum Gasteiger partial charge on any atom is -0.510 e. The Morgan fingerprint density at radius 3 is 2.65 bits per heavy atom. The molecule has 4 atom stereocenters. The van der Waals surface area contributed by atoms with Crippen molar-refractivity contribution in [3.05, 3.63) is 45.4 Å². The molecule has 1 aromatic rings. The van der Waals surface area contributed by atoms with Crippen molar-refractivity contribution in [1.82, 2.24) is 0 Å². The number of carbonyl (C=O) groups excluding carboxylic acids is 1. The van der Waals surface area contributed by atoms with E-state index in [-0.39, 0.29) is 30.6 Å². The first-order valence-corrected chi connectivity index (χ1v) is 12.2. The van der Waals surface area contributed by atoms with Crippen LogP contribution in [0.25, 0.3) is 0 Å². The molecule has 3 N–H and O–H groups in total. The molecule has 0 bridgehead atoms. The van der Waals surface area contributed by atoms with Crippen molar-refractivity contribution in [2.75, 3.05) is 0 Å². The molecule has 174 valence electrons. The van der Waals surface area contributed by atoms with Crippen LogP contribution in [0.3, 0.4) is 0 Å². The van der Waals surface area contributed by atoms with Crippen molar-refractivity contribution in [2.45, 2.75) is 96.9 Å². The lowest BCUT2D eigenvalue weighted by molar-refractivity contribution is -0.144. The molecule has 2 unspecified atom stereocenters. The van der Waals surface area contributed by atoms with Gasteiger partial charge in [-0.25, -0.2) is 4.79 Å². The number of carbonyl (C=O) groups is 1. The fourth-order valence-corrected chi connectivity index (χ4v) is 5.15. The monoisotopic (exact) mass is 450 g/mol. The van der Waals surface area contributed by atoms with E-state index in [1.807, 2.05) is 6.08 Å². The molecule has 1 aliphatic rings. The summed E-state index contributed by atoms with van der Waals surface area (Å²) >= 11 is 1.69. The summed E-state index contributed by atoms with van der Waals surface area (Å²) in [6, 6.07) is 2.09. The molecule has 1 heterocycles. The quantitative estimate of drug-likeness (QED) is 0.188. The SMILES string of the molecule is CCCCC=C(C(=O)OC(C)C)C1C[C@@H](O)C[C@]1(O)/C(O)=C\CC(C)c1ccsc1C. The van der Waals surface area contributed by atoms with Crippen LogP contribution in [0, 0.1) is 12.8 Å². The number of thiophene rings is 1. The molecule has 0 saturated heterocycles. The summed E-state index contributed by atoms with van der Waals surface area (Å²) < 4.78 is 5.42. The van der Waals surface area contributed by atoms with Crippen LogP contribution < -0.4 is 0 Å². The van der Waals surface area contributed by atoms with E-state index in [4.69, 9.17) is 4.74 Å². The fourth-order valence-electron chi connectivity index (χ4n) is 4.33. The third-order valence-electron chi connectivity index (χ3n) is 6.05. The predicted octanol–water partition coefficient (Wildman–Crippen LogP) is 5.56. The predicted molar refractivity (Wildman–Crippen MR) is 125 cm³/mol. The van der Waals surface area contributed by atoms with Gasteiger partial charge in [-0.2, -0.15) is 0 Å². The first-order chi connectivity index (χ1) is 14.6. The number of aryl methyl sites for hydroxylation is 1. The number of esters is 1. The van der Waals surface area contributed by atoms with E-state index in [0.29, 0.717) is 18.4 Å². The normalized spacial score (nSPS) is 25.8. The molecule has 1 saturated carbocycles. The fraction of sp³-hybridized carbons (Fsp3) is 0.640. The third kappa shape index (κ3) is 6.43. The van der Waals surface area contributed by atoms with E-state index >= 15 is 0 Å². The zero-order valence-electron chi connectivity index (χ0n) is 19.4. The Hall–Kier alpha value is -1.63. The lowest BCUT2D eigenvalue weighted by Crippen LogP contribution is -2.39. The molecule has 1 aliphatic carbocycles. The van der Waals surface area contributed by atoms with Gasteiger partial charge >= 0.3 is 5.97 Å². The van der Waals surface area contributed by atoms with Gasteiger partial charge in [0.25, 0.3) is 0 Å². The average molecular weight is 451 g/mol. The molecule has 2 rings (SSSR count). The molecule has 1 fully saturated rings. The van der Waals surface area contributed by atoms with Crippen LogP contribution in [0.5, 0.6) is 0 Å². The topological polar surface area (TPSA) is 87.0 Å². The number of aliphatic hydroxyl groups is 3. The maximum absolute atomic E-state index is 12.8. The first kappa shape index (κ1) is 25.6. The zero-order valence-corrected chi connectivity index (χ0v) is 20.2. The van der Waals surface area contributed by atoms with E-state index in [1.165, 1.54) is 10.4 Å². The molecular formula is C25H38O5S. The molecule has 0 aromatic carbocycles. The smallest absolute Gasteiger partial charge is 0.334 e. The number of hydrogen-bond acceptors (Lipinski definition) is 6. The molecule has 0 amide bonds. The third-order valence-corrected chi connectivity index (χ3v) is 6.91. The minimum absolute atomic E-state index is 0.00800. The highest BCUT2D eigenvalue weighted by molar-refractivity contribution is 7.10. The number of aliphatic hydroxyl groups excluding tert-OH is 2. The Morgan fingerprint density at radius 1 is 1.35 bits per heavy atom. The molecule has 6 heteroatoms. The molecule has 1 aromatic heterocycles. The van der Waals surface area contributed by atoms with Gasteiger partial charge in [0, 0.05) is 22.8 Å². The Labute approximate surface area is 190 Å². The molecule has 0 spiro atoms. The van der Waals surface area contributed by atoms with Crippen LogP contribution in [0.1, 0.15) is 82.6 Å². The Kier molecular flexibility index (Phi) is 9.34. The Morgan fingerprint density at radius 2 is 2.06 bits per heavy atom. The highest BCUT2D eigenvalue weighted by Gasteiger charge is 2.51. The summed E-state index contributed by atoms with van der Waals surface area (Å²) in [5, 5.41) is 34.8. The summed E-state index contributed by atoms with van der Waals surface area (Å²) in [7, 11) is 0.